The van der Waals surface area contributed by atoms with Crippen molar-refractivity contribution in [2.75, 3.05) is 14.2 Å². The summed E-state index contributed by atoms with van der Waals surface area (Å²) >= 11 is 0. The van der Waals surface area contributed by atoms with Gasteiger partial charge in [0.1, 0.15) is 5.76 Å². The molecule has 0 spiro atoms. The molecule has 0 fully saturated rings. The predicted molar refractivity (Wildman–Crippen MR) is 48.7 cm³/mol. The molecule has 0 heterocycles. The third-order valence-corrected chi connectivity index (χ3v) is 2.03. The van der Waals surface area contributed by atoms with E-state index < -0.39 is 0 Å². The summed E-state index contributed by atoms with van der Waals surface area (Å²) in [6, 6.07) is 0. The lowest BCUT2D eigenvalue weighted by Crippen LogP contribution is -1.97. The van der Waals surface area contributed by atoms with Crippen LogP contribution < -0.4 is 0 Å². The maximum Gasteiger partial charge on any atom is 0.156 e. The van der Waals surface area contributed by atoms with Crippen molar-refractivity contribution in [1.29, 1.82) is 0 Å². The Morgan fingerprint density at radius 2 is 2.00 bits per heavy atom. The second kappa shape index (κ2) is 4.86. The van der Waals surface area contributed by atoms with Crippen molar-refractivity contribution >= 4 is 0 Å². The van der Waals surface area contributed by atoms with Gasteiger partial charge < -0.3 is 9.47 Å². The van der Waals surface area contributed by atoms with Crippen molar-refractivity contribution in [3.8, 4) is 0 Å². The lowest BCUT2D eigenvalue weighted by molar-refractivity contribution is 0.218. The Kier molecular flexibility index (Phi) is 3.71. The smallest absolute Gasteiger partial charge is 0.156 e. The lowest BCUT2D eigenvalue weighted by atomic mass is 10.1. The number of hydrogen-bond acceptors (Lipinski definition) is 2. The highest BCUT2D eigenvalue weighted by atomic mass is 16.5. The van der Waals surface area contributed by atoms with Crippen molar-refractivity contribution in [1.82, 2.24) is 0 Å². The van der Waals surface area contributed by atoms with Crippen LogP contribution in [0.3, 0.4) is 0 Å². The number of allylic oxidation sites excluding steroid dienone is 3. The second-order valence-electron chi connectivity index (χ2n) is 2.84. The molecule has 0 atom stereocenters. The molecule has 0 saturated heterocycles. The predicted octanol–water partition coefficient (Wildman–Crippen LogP) is 2.62. The molecule has 0 bridgehead atoms. The lowest BCUT2D eigenvalue weighted by Gasteiger charge is -2.12. The molecule has 1 aliphatic carbocycles. The fourth-order valence-corrected chi connectivity index (χ4v) is 1.34. The first-order valence-corrected chi connectivity index (χ1v) is 4.36. The minimum atomic E-state index is 0.872. The third kappa shape index (κ3) is 2.29. The van der Waals surface area contributed by atoms with Gasteiger partial charge in [0, 0.05) is 6.42 Å². The molecule has 0 aliphatic heterocycles. The molecule has 0 aromatic rings. The molecule has 0 aromatic carbocycles. The van der Waals surface area contributed by atoms with E-state index >= 15 is 0 Å². The average molecular weight is 168 g/mol. The van der Waals surface area contributed by atoms with Gasteiger partial charge in [-0.25, -0.2) is 0 Å². The molecule has 0 aromatic heterocycles. The van der Waals surface area contributed by atoms with Crippen LogP contribution in [0.1, 0.15) is 25.7 Å². The molecular formula is C10H16O2. The zero-order chi connectivity index (χ0) is 8.81. The highest BCUT2D eigenvalue weighted by molar-refractivity contribution is 5.17. The van der Waals surface area contributed by atoms with Crippen molar-refractivity contribution in [2.45, 2.75) is 25.7 Å². The fourth-order valence-electron chi connectivity index (χ4n) is 1.34. The number of ether oxygens (including phenoxy) is 2. The quantitative estimate of drug-likeness (QED) is 0.631. The van der Waals surface area contributed by atoms with Gasteiger partial charge in [0.15, 0.2) is 5.76 Å². The summed E-state index contributed by atoms with van der Waals surface area (Å²) in [5.74, 6) is 1.84. The van der Waals surface area contributed by atoms with Gasteiger partial charge in [-0.2, -0.15) is 0 Å². The van der Waals surface area contributed by atoms with E-state index in [1.165, 1.54) is 12.8 Å². The summed E-state index contributed by atoms with van der Waals surface area (Å²) < 4.78 is 10.4. The Morgan fingerprint density at radius 1 is 1.17 bits per heavy atom. The molecular weight excluding hydrogens is 152 g/mol. The Morgan fingerprint density at radius 3 is 2.67 bits per heavy atom. The maximum atomic E-state index is 5.23. The molecule has 1 aliphatic rings. The van der Waals surface area contributed by atoms with Crippen LogP contribution in [0, 0.1) is 0 Å². The minimum Gasteiger partial charge on any atom is -0.497 e. The number of hydrogen-bond donors (Lipinski definition) is 0. The van der Waals surface area contributed by atoms with E-state index in [1.54, 1.807) is 14.2 Å². The van der Waals surface area contributed by atoms with Gasteiger partial charge in [0.25, 0.3) is 0 Å². The summed E-state index contributed by atoms with van der Waals surface area (Å²) in [6.45, 7) is 0. The van der Waals surface area contributed by atoms with Crippen molar-refractivity contribution < 1.29 is 9.47 Å². The number of methoxy groups -OCH3 is 2. The van der Waals surface area contributed by atoms with Gasteiger partial charge in [0.05, 0.1) is 14.2 Å². The Bertz CT molecular complexity index is 192. The van der Waals surface area contributed by atoms with E-state index in [2.05, 4.69) is 6.08 Å². The first-order valence-electron chi connectivity index (χ1n) is 4.36. The molecule has 12 heavy (non-hydrogen) atoms. The molecule has 68 valence electrons. The molecule has 0 N–H and O–H groups in total. The van der Waals surface area contributed by atoms with Crippen LogP contribution >= 0.6 is 0 Å². The van der Waals surface area contributed by atoms with Crippen molar-refractivity contribution in [3.05, 3.63) is 23.7 Å². The topological polar surface area (TPSA) is 18.5 Å². The molecule has 0 amide bonds. The third-order valence-electron chi connectivity index (χ3n) is 2.03. The highest BCUT2D eigenvalue weighted by Gasteiger charge is 2.06. The van der Waals surface area contributed by atoms with Gasteiger partial charge in [-0.05, 0) is 25.3 Å². The zero-order valence-electron chi connectivity index (χ0n) is 7.80. The Hall–Kier alpha value is -0.920. The van der Waals surface area contributed by atoms with Gasteiger partial charge in [-0.15, -0.1) is 0 Å². The first-order chi connectivity index (χ1) is 5.88. The average Bonchev–Trinajstić information content (AvgIpc) is 2.05. The SMILES string of the molecule is COC1=C(OC)CCCCC=C1. The van der Waals surface area contributed by atoms with Crippen LogP contribution in [0.5, 0.6) is 0 Å². The van der Waals surface area contributed by atoms with E-state index in [0.717, 1.165) is 24.4 Å². The summed E-state index contributed by atoms with van der Waals surface area (Å²) in [5, 5.41) is 0. The Balaban J connectivity index is 2.76. The van der Waals surface area contributed by atoms with Crippen molar-refractivity contribution in [3.63, 3.8) is 0 Å². The fraction of sp³-hybridized carbons (Fsp3) is 0.600. The Labute approximate surface area is 73.9 Å². The zero-order valence-corrected chi connectivity index (χ0v) is 7.80. The normalized spacial score (nSPS) is 18.5. The van der Waals surface area contributed by atoms with Crippen molar-refractivity contribution in [2.24, 2.45) is 0 Å². The first kappa shape index (κ1) is 9.17. The maximum absolute atomic E-state index is 5.23. The second-order valence-corrected chi connectivity index (χ2v) is 2.84. The van der Waals surface area contributed by atoms with Crippen LogP contribution in [-0.4, -0.2) is 14.2 Å². The minimum absolute atomic E-state index is 0.872. The summed E-state index contributed by atoms with van der Waals surface area (Å²) in [5.41, 5.74) is 0. The monoisotopic (exact) mass is 168 g/mol. The summed E-state index contributed by atoms with van der Waals surface area (Å²) in [4.78, 5) is 0. The van der Waals surface area contributed by atoms with E-state index in [0.29, 0.717) is 0 Å². The van der Waals surface area contributed by atoms with E-state index in [4.69, 9.17) is 9.47 Å². The van der Waals surface area contributed by atoms with Gasteiger partial charge in [-0.1, -0.05) is 6.08 Å². The van der Waals surface area contributed by atoms with Crippen LogP contribution in [0.2, 0.25) is 0 Å². The van der Waals surface area contributed by atoms with E-state index in [9.17, 15) is 0 Å². The summed E-state index contributed by atoms with van der Waals surface area (Å²) in [6.07, 6.45) is 8.68. The van der Waals surface area contributed by atoms with E-state index in [-0.39, 0.29) is 0 Å². The van der Waals surface area contributed by atoms with Gasteiger partial charge in [-0.3, -0.25) is 0 Å². The van der Waals surface area contributed by atoms with Gasteiger partial charge >= 0.3 is 0 Å². The molecule has 1 rings (SSSR count). The largest absolute Gasteiger partial charge is 0.497 e. The number of rotatable bonds is 2. The van der Waals surface area contributed by atoms with Crippen LogP contribution in [0.15, 0.2) is 23.7 Å². The molecule has 2 nitrogen and oxygen atoms in total. The highest BCUT2D eigenvalue weighted by Crippen LogP contribution is 2.19. The van der Waals surface area contributed by atoms with Crippen LogP contribution in [-0.2, 0) is 9.47 Å². The van der Waals surface area contributed by atoms with Crippen LogP contribution in [0.25, 0.3) is 0 Å². The van der Waals surface area contributed by atoms with E-state index in [1.807, 2.05) is 6.08 Å². The van der Waals surface area contributed by atoms with Crippen LogP contribution in [0.4, 0.5) is 0 Å². The molecule has 2 heteroatoms. The molecule has 0 unspecified atom stereocenters. The standard InChI is InChI=1S/C10H16O2/c1-11-9-7-5-3-4-6-8-10(9)12-2/h5,7H,3-4,6,8H2,1-2H3. The molecule has 0 saturated carbocycles. The molecule has 0 radical (unpaired) electrons. The summed E-state index contributed by atoms with van der Waals surface area (Å²) in [7, 11) is 3.38. The van der Waals surface area contributed by atoms with Gasteiger partial charge in [0.2, 0.25) is 0 Å².